The van der Waals surface area contributed by atoms with Crippen molar-refractivity contribution in [3.8, 4) is 5.75 Å². The van der Waals surface area contributed by atoms with Crippen LogP contribution in [-0.2, 0) is 0 Å². The average Bonchev–Trinajstić information content (AvgIpc) is 3.19. The zero-order valence-electron chi connectivity index (χ0n) is 11.9. The van der Waals surface area contributed by atoms with E-state index in [1.54, 1.807) is 30.5 Å². The maximum atomic E-state index is 12.1. The standard InChI is InChI=1S/C15H16N4O2S/c16-13(17)10-3-5-11(6-4-10)21-14(20)12-9-18-15(22-12)19-7-1-2-8-19/h3-6,9H,1-2,7-8H2,(H3,16,17). The van der Waals surface area contributed by atoms with Gasteiger partial charge in [0.15, 0.2) is 5.13 Å². The summed E-state index contributed by atoms with van der Waals surface area (Å²) < 4.78 is 5.31. The molecule has 6 nitrogen and oxygen atoms in total. The van der Waals surface area contributed by atoms with Gasteiger partial charge in [0.25, 0.3) is 0 Å². The molecule has 7 heteroatoms. The average molecular weight is 316 g/mol. The smallest absolute Gasteiger partial charge is 0.355 e. The van der Waals surface area contributed by atoms with Crippen LogP contribution in [0.3, 0.4) is 0 Å². The van der Waals surface area contributed by atoms with Gasteiger partial charge < -0.3 is 15.4 Å². The van der Waals surface area contributed by atoms with Gasteiger partial charge in [-0.15, -0.1) is 0 Å². The first-order valence-electron chi connectivity index (χ1n) is 7.01. The Morgan fingerprint density at radius 2 is 1.95 bits per heavy atom. The van der Waals surface area contributed by atoms with Gasteiger partial charge in [0.2, 0.25) is 0 Å². The van der Waals surface area contributed by atoms with Crippen molar-refractivity contribution in [1.82, 2.24) is 4.98 Å². The Balaban J connectivity index is 1.67. The predicted octanol–water partition coefficient (Wildman–Crippen LogP) is 2.25. The number of esters is 1. The minimum atomic E-state index is -0.418. The molecule has 3 N–H and O–H groups in total. The molecule has 0 amide bonds. The van der Waals surface area contributed by atoms with Crippen LogP contribution in [0.1, 0.15) is 28.1 Å². The number of carbonyl (C=O) groups excluding carboxylic acids is 1. The monoisotopic (exact) mass is 316 g/mol. The highest BCUT2D eigenvalue weighted by Gasteiger charge is 2.19. The molecule has 1 aromatic heterocycles. The summed E-state index contributed by atoms with van der Waals surface area (Å²) in [5, 5.41) is 8.20. The van der Waals surface area contributed by atoms with Gasteiger partial charge in [-0.25, -0.2) is 9.78 Å². The highest BCUT2D eigenvalue weighted by molar-refractivity contribution is 7.17. The number of ether oxygens (including phenoxy) is 1. The van der Waals surface area contributed by atoms with Crippen molar-refractivity contribution in [2.75, 3.05) is 18.0 Å². The molecule has 0 spiro atoms. The Morgan fingerprint density at radius 1 is 1.27 bits per heavy atom. The van der Waals surface area contributed by atoms with E-state index in [1.165, 1.54) is 24.2 Å². The predicted molar refractivity (Wildman–Crippen MR) is 86.0 cm³/mol. The van der Waals surface area contributed by atoms with E-state index in [2.05, 4.69) is 9.88 Å². The first-order chi connectivity index (χ1) is 10.6. The number of nitrogens with two attached hydrogens (primary N) is 1. The number of amidine groups is 1. The second-order valence-corrected chi connectivity index (χ2v) is 6.04. The van der Waals surface area contributed by atoms with Crippen LogP contribution in [0, 0.1) is 5.41 Å². The number of carbonyl (C=O) groups is 1. The van der Waals surface area contributed by atoms with E-state index < -0.39 is 5.97 Å². The molecule has 0 saturated carbocycles. The highest BCUT2D eigenvalue weighted by atomic mass is 32.1. The largest absolute Gasteiger partial charge is 0.422 e. The molecule has 0 aliphatic carbocycles. The molecule has 1 aromatic carbocycles. The number of aromatic nitrogens is 1. The van der Waals surface area contributed by atoms with Crippen LogP contribution in [0.4, 0.5) is 5.13 Å². The number of nitrogens with one attached hydrogen (secondary N) is 1. The van der Waals surface area contributed by atoms with Crippen LogP contribution in [0.15, 0.2) is 30.5 Å². The van der Waals surface area contributed by atoms with Crippen molar-refractivity contribution in [2.45, 2.75) is 12.8 Å². The first-order valence-corrected chi connectivity index (χ1v) is 7.82. The number of nitrogen functional groups attached to an aromatic ring is 1. The van der Waals surface area contributed by atoms with E-state index in [9.17, 15) is 4.79 Å². The van der Waals surface area contributed by atoms with E-state index in [4.69, 9.17) is 15.9 Å². The molecule has 1 saturated heterocycles. The second kappa shape index (κ2) is 6.15. The molecule has 0 bridgehead atoms. The van der Waals surface area contributed by atoms with Gasteiger partial charge in [-0.3, -0.25) is 5.41 Å². The van der Waals surface area contributed by atoms with Gasteiger partial charge in [-0.05, 0) is 37.1 Å². The number of thiazole rings is 1. The normalized spacial score (nSPS) is 14.1. The van der Waals surface area contributed by atoms with Gasteiger partial charge >= 0.3 is 5.97 Å². The van der Waals surface area contributed by atoms with Crippen molar-refractivity contribution in [2.24, 2.45) is 5.73 Å². The molecule has 0 atom stereocenters. The summed E-state index contributed by atoms with van der Waals surface area (Å²) in [5.74, 6) is -0.0137. The van der Waals surface area contributed by atoms with E-state index in [0.717, 1.165) is 18.2 Å². The van der Waals surface area contributed by atoms with Crippen LogP contribution in [-0.4, -0.2) is 29.9 Å². The summed E-state index contributed by atoms with van der Waals surface area (Å²) in [5.41, 5.74) is 5.97. The third kappa shape index (κ3) is 3.09. The number of hydrogen-bond acceptors (Lipinski definition) is 6. The van der Waals surface area contributed by atoms with Gasteiger partial charge in [-0.2, -0.15) is 0 Å². The maximum Gasteiger partial charge on any atom is 0.355 e. The van der Waals surface area contributed by atoms with Crippen LogP contribution < -0.4 is 15.4 Å². The summed E-state index contributed by atoms with van der Waals surface area (Å²) in [7, 11) is 0. The van der Waals surface area contributed by atoms with Crippen LogP contribution in [0.2, 0.25) is 0 Å². The maximum absolute atomic E-state index is 12.1. The van der Waals surface area contributed by atoms with Gasteiger partial charge in [0.05, 0.1) is 6.20 Å². The van der Waals surface area contributed by atoms with Crippen LogP contribution >= 0.6 is 11.3 Å². The summed E-state index contributed by atoms with van der Waals surface area (Å²) in [6.45, 7) is 1.99. The summed E-state index contributed by atoms with van der Waals surface area (Å²) in [6.07, 6.45) is 3.90. The van der Waals surface area contributed by atoms with Crippen LogP contribution in [0.5, 0.6) is 5.75 Å². The van der Waals surface area contributed by atoms with E-state index in [1.807, 2.05) is 0 Å². The Kier molecular flexibility index (Phi) is 4.06. The fourth-order valence-corrected chi connectivity index (χ4v) is 3.12. The molecule has 3 rings (SSSR count). The zero-order valence-corrected chi connectivity index (χ0v) is 12.7. The Bertz CT molecular complexity index is 690. The molecule has 1 aliphatic heterocycles. The van der Waals surface area contributed by atoms with Crippen LogP contribution in [0.25, 0.3) is 0 Å². The Labute approximate surface area is 132 Å². The van der Waals surface area contributed by atoms with E-state index in [-0.39, 0.29) is 5.84 Å². The Hall–Kier alpha value is -2.41. The number of benzene rings is 1. The van der Waals surface area contributed by atoms with Crippen molar-refractivity contribution in [1.29, 1.82) is 5.41 Å². The molecular formula is C15H16N4O2S. The summed E-state index contributed by atoms with van der Waals surface area (Å²) in [4.78, 5) is 19.1. The van der Waals surface area contributed by atoms with Gasteiger partial charge in [0, 0.05) is 18.7 Å². The summed E-state index contributed by atoms with van der Waals surface area (Å²) >= 11 is 1.35. The van der Waals surface area contributed by atoms with Crippen molar-refractivity contribution >= 4 is 28.3 Å². The molecule has 2 aromatic rings. The molecule has 2 heterocycles. The van der Waals surface area contributed by atoms with Crippen molar-refractivity contribution in [3.63, 3.8) is 0 Å². The molecule has 1 aliphatic rings. The fourth-order valence-electron chi connectivity index (χ4n) is 2.27. The molecule has 1 fully saturated rings. The lowest BCUT2D eigenvalue weighted by molar-refractivity contribution is 0.0739. The molecule has 0 radical (unpaired) electrons. The van der Waals surface area contributed by atoms with Crippen molar-refractivity contribution < 1.29 is 9.53 Å². The van der Waals surface area contributed by atoms with E-state index in [0.29, 0.717) is 16.2 Å². The third-order valence-electron chi connectivity index (χ3n) is 3.45. The zero-order chi connectivity index (χ0) is 15.5. The number of nitrogens with zero attached hydrogens (tertiary/aromatic N) is 2. The number of anilines is 1. The third-order valence-corrected chi connectivity index (χ3v) is 4.49. The number of rotatable bonds is 4. The lowest BCUT2D eigenvalue weighted by Gasteiger charge is -2.11. The minimum absolute atomic E-state index is 0.0180. The SMILES string of the molecule is N=C(N)c1ccc(OC(=O)c2cnc(N3CCCC3)s2)cc1. The molecule has 0 unspecified atom stereocenters. The van der Waals surface area contributed by atoms with Gasteiger partial charge in [0.1, 0.15) is 16.5 Å². The molecule has 22 heavy (non-hydrogen) atoms. The van der Waals surface area contributed by atoms with E-state index >= 15 is 0 Å². The Morgan fingerprint density at radius 3 is 2.59 bits per heavy atom. The fraction of sp³-hybridized carbons (Fsp3) is 0.267. The number of hydrogen-bond donors (Lipinski definition) is 2. The lowest BCUT2D eigenvalue weighted by atomic mass is 10.2. The highest BCUT2D eigenvalue weighted by Crippen LogP contribution is 2.26. The minimum Gasteiger partial charge on any atom is -0.422 e. The van der Waals surface area contributed by atoms with Crippen molar-refractivity contribution in [3.05, 3.63) is 40.9 Å². The lowest BCUT2D eigenvalue weighted by Crippen LogP contribution is -2.16. The summed E-state index contributed by atoms with van der Waals surface area (Å²) in [6, 6.07) is 6.54. The quantitative estimate of drug-likeness (QED) is 0.390. The second-order valence-electron chi connectivity index (χ2n) is 5.03. The topological polar surface area (TPSA) is 92.3 Å². The van der Waals surface area contributed by atoms with Gasteiger partial charge in [-0.1, -0.05) is 11.3 Å². The molecule has 114 valence electrons. The first kappa shape index (κ1) is 14.5. The molecular weight excluding hydrogens is 300 g/mol.